The minimum atomic E-state index is -0.919. The second kappa shape index (κ2) is 7.49. The van der Waals surface area contributed by atoms with Crippen molar-refractivity contribution in [3.8, 4) is 0 Å². The summed E-state index contributed by atoms with van der Waals surface area (Å²) in [5, 5.41) is 12.5. The molecule has 0 aliphatic carbocycles. The number of hydrogen-bond acceptors (Lipinski definition) is 3. The number of nitrogens with zero attached hydrogens (tertiary/aromatic N) is 1. The Morgan fingerprint density at radius 3 is 2.76 bits per heavy atom. The van der Waals surface area contributed by atoms with Gasteiger partial charge in [-0.2, -0.15) is 0 Å². The highest BCUT2D eigenvalue weighted by molar-refractivity contribution is 5.95. The van der Waals surface area contributed by atoms with Gasteiger partial charge in [0.1, 0.15) is 0 Å². The quantitative estimate of drug-likeness (QED) is 0.847. The molecule has 1 aliphatic rings. The van der Waals surface area contributed by atoms with Crippen molar-refractivity contribution in [3.05, 3.63) is 65.2 Å². The fourth-order valence-electron chi connectivity index (χ4n) is 3.09. The number of carboxylic acids is 1. The van der Waals surface area contributed by atoms with Gasteiger partial charge in [-0.05, 0) is 48.7 Å². The Balaban J connectivity index is 1.67. The van der Waals surface area contributed by atoms with Gasteiger partial charge in [-0.15, -0.1) is 0 Å². The van der Waals surface area contributed by atoms with E-state index in [9.17, 15) is 9.59 Å². The zero-order valence-corrected chi connectivity index (χ0v) is 14.2. The number of carbonyl (C=O) groups is 2. The van der Waals surface area contributed by atoms with Gasteiger partial charge in [0.15, 0.2) is 0 Å². The topological polar surface area (TPSA) is 69.6 Å². The molecule has 1 saturated heterocycles. The van der Waals surface area contributed by atoms with E-state index in [4.69, 9.17) is 5.11 Å². The van der Waals surface area contributed by atoms with E-state index in [1.54, 1.807) is 18.2 Å². The summed E-state index contributed by atoms with van der Waals surface area (Å²) in [5.74, 6) is -0.735. The lowest BCUT2D eigenvalue weighted by atomic mass is 10.1. The molecule has 1 amide bonds. The van der Waals surface area contributed by atoms with Gasteiger partial charge in [0.2, 0.25) is 5.91 Å². The predicted molar refractivity (Wildman–Crippen MR) is 96.7 cm³/mol. The van der Waals surface area contributed by atoms with Crippen LogP contribution >= 0.6 is 0 Å². The Labute approximate surface area is 147 Å². The molecule has 5 heteroatoms. The van der Waals surface area contributed by atoms with Crippen LogP contribution in [0.2, 0.25) is 0 Å². The van der Waals surface area contributed by atoms with E-state index in [1.807, 2.05) is 29.2 Å². The van der Waals surface area contributed by atoms with Crippen LogP contribution < -0.4 is 10.2 Å². The molecule has 3 rings (SSSR count). The summed E-state index contributed by atoms with van der Waals surface area (Å²) in [6.07, 6.45) is 1.54. The smallest absolute Gasteiger partial charge is 0.335 e. The first-order valence-corrected chi connectivity index (χ1v) is 8.50. The number of nitrogens with one attached hydrogen (secondary N) is 1. The Kier molecular flexibility index (Phi) is 5.14. The number of amides is 1. The summed E-state index contributed by atoms with van der Waals surface area (Å²) in [7, 11) is 0. The third kappa shape index (κ3) is 4.06. The van der Waals surface area contributed by atoms with E-state index in [-0.39, 0.29) is 11.9 Å². The molecule has 0 radical (unpaired) electrons. The Morgan fingerprint density at radius 1 is 1.24 bits per heavy atom. The molecule has 2 N–H and O–H groups in total. The standard InChI is InChI=1S/C20H22N2O3/c1-14(21-13-15-5-2-7-17(11-15)20(24)25)16-6-3-8-18(12-16)22-10-4-9-19(22)23/h2-3,5-8,11-12,14,21H,4,9-10,13H2,1H3,(H,24,25). The van der Waals surface area contributed by atoms with Crippen molar-refractivity contribution >= 4 is 17.6 Å². The molecule has 1 fully saturated rings. The minimum Gasteiger partial charge on any atom is -0.478 e. The average Bonchev–Trinajstić information content (AvgIpc) is 3.06. The maximum absolute atomic E-state index is 11.9. The molecule has 0 spiro atoms. The highest BCUT2D eigenvalue weighted by Gasteiger charge is 2.22. The van der Waals surface area contributed by atoms with Crippen LogP contribution in [-0.2, 0) is 11.3 Å². The van der Waals surface area contributed by atoms with E-state index in [2.05, 4.69) is 18.3 Å². The highest BCUT2D eigenvalue weighted by Crippen LogP contribution is 2.25. The van der Waals surface area contributed by atoms with Crippen LogP contribution in [0.3, 0.4) is 0 Å². The lowest BCUT2D eigenvalue weighted by Crippen LogP contribution is -2.24. The molecule has 2 aromatic carbocycles. The van der Waals surface area contributed by atoms with Gasteiger partial charge >= 0.3 is 5.97 Å². The van der Waals surface area contributed by atoms with Crippen LogP contribution in [0.25, 0.3) is 0 Å². The SMILES string of the molecule is CC(NCc1cccc(C(=O)O)c1)c1cccc(N2CCCC2=O)c1. The third-order valence-corrected chi connectivity index (χ3v) is 4.54. The molecule has 1 atom stereocenters. The summed E-state index contributed by atoms with van der Waals surface area (Å²) in [4.78, 5) is 24.8. The first-order valence-electron chi connectivity index (χ1n) is 8.50. The number of rotatable bonds is 6. The molecule has 0 bridgehead atoms. The molecule has 2 aromatic rings. The van der Waals surface area contributed by atoms with Gasteiger partial charge in [-0.3, -0.25) is 4.79 Å². The van der Waals surface area contributed by atoms with Crippen molar-refractivity contribution in [2.45, 2.75) is 32.4 Å². The summed E-state index contributed by atoms with van der Waals surface area (Å²) in [6, 6.07) is 15.0. The molecule has 1 aliphatic heterocycles. The van der Waals surface area contributed by atoms with Crippen molar-refractivity contribution in [2.75, 3.05) is 11.4 Å². The zero-order valence-electron chi connectivity index (χ0n) is 14.2. The van der Waals surface area contributed by atoms with Gasteiger partial charge in [-0.25, -0.2) is 4.79 Å². The number of carboxylic acid groups (broad SMARTS) is 1. The number of benzene rings is 2. The van der Waals surface area contributed by atoms with E-state index >= 15 is 0 Å². The van der Waals surface area contributed by atoms with Crippen LogP contribution in [0.4, 0.5) is 5.69 Å². The molecule has 5 nitrogen and oxygen atoms in total. The van der Waals surface area contributed by atoms with Gasteiger partial charge in [0.05, 0.1) is 5.56 Å². The first-order chi connectivity index (χ1) is 12.0. The molecular formula is C20H22N2O3. The van der Waals surface area contributed by atoms with Gasteiger partial charge in [-0.1, -0.05) is 24.3 Å². The zero-order chi connectivity index (χ0) is 17.8. The average molecular weight is 338 g/mol. The molecule has 0 aromatic heterocycles. The summed E-state index contributed by atoms with van der Waals surface area (Å²) < 4.78 is 0. The number of anilines is 1. The van der Waals surface area contributed by atoms with E-state index < -0.39 is 5.97 Å². The lowest BCUT2D eigenvalue weighted by Gasteiger charge is -2.19. The summed E-state index contributed by atoms with van der Waals surface area (Å²) in [6.45, 7) is 3.42. The van der Waals surface area contributed by atoms with Crippen LogP contribution in [0.5, 0.6) is 0 Å². The lowest BCUT2D eigenvalue weighted by molar-refractivity contribution is -0.117. The Morgan fingerprint density at radius 2 is 2.04 bits per heavy atom. The number of aromatic carboxylic acids is 1. The fourth-order valence-corrected chi connectivity index (χ4v) is 3.09. The molecule has 130 valence electrons. The number of carbonyl (C=O) groups excluding carboxylic acids is 1. The maximum atomic E-state index is 11.9. The predicted octanol–water partition coefficient (Wildman–Crippen LogP) is 3.36. The van der Waals surface area contributed by atoms with Gasteiger partial charge in [0.25, 0.3) is 0 Å². The van der Waals surface area contributed by atoms with Crippen LogP contribution in [0.1, 0.15) is 47.3 Å². The summed E-state index contributed by atoms with van der Waals surface area (Å²) >= 11 is 0. The maximum Gasteiger partial charge on any atom is 0.335 e. The Bertz CT molecular complexity index is 788. The molecule has 0 saturated carbocycles. The minimum absolute atomic E-state index is 0.0890. The molecule has 1 heterocycles. The van der Waals surface area contributed by atoms with Crippen LogP contribution in [0.15, 0.2) is 48.5 Å². The molecular weight excluding hydrogens is 316 g/mol. The Hall–Kier alpha value is -2.66. The number of hydrogen-bond donors (Lipinski definition) is 2. The fraction of sp³-hybridized carbons (Fsp3) is 0.300. The van der Waals surface area contributed by atoms with E-state index in [0.29, 0.717) is 18.5 Å². The first kappa shape index (κ1) is 17.2. The molecule has 1 unspecified atom stereocenters. The second-order valence-corrected chi connectivity index (χ2v) is 6.35. The normalized spacial score (nSPS) is 15.4. The van der Waals surface area contributed by atoms with Gasteiger partial charge in [0, 0.05) is 31.2 Å². The van der Waals surface area contributed by atoms with Crippen molar-refractivity contribution in [3.63, 3.8) is 0 Å². The van der Waals surface area contributed by atoms with E-state index in [0.717, 1.165) is 29.8 Å². The van der Waals surface area contributed by atoms with E-state index in [1.165, 1.54) is 0 Å². The van der Waals surface area contributed by atoms with Crippen molar-refractivity contribution in [2.24, 2.45) is 0 Å². The van der Waals surface area contributed by atoms with Crippen LogP contribution in [-0.4, -0.2) is 23.5 Å². The van der Waals surface area contributed by atoms with Crippen molar-refractivity contribution in [1.29, 1.82) is 0 Å². The van der Waals surface area contributed by atoms with Crippen molar-refractivity contribution in [1.82, 2.24) is 5.32 Å². The summed E-state index contributed by atoms with van der Waals surface area (Å²) in [5.41, 5.74) is 3.27. The third-order valence-electron chi connectivity index (χ3n) is 4.54. The second-order valence-electron chi connectivity index (χ2n) is 6.35. The van der Waals surface area contributed by atoms with Gasteiger partial charge < -0.3 is 15.3 Å². The highest BCUT2D eigenvalue weighted by atomic mass is 16.4. The monoisotopic (exact) mass is 338 g/mol. The largest absolute Gasteiger partial charge is 0.478 e. The van der Waals surface area contributed by atoms with Crippen LogP contribution in [0, 0.1) is 0 Å². The van der Waals surface area contributed by atoms with Crippen molar-refractivity contribution < 1.29 is 14.7 Å². The molecule has 25 heavy (non-hydrogen) atoms.